The second kappa shape index (κ2) is 7.84. The molecule has 1 N–H and O–H groups in total. The van der Waals surface area contributed by atoms with E-state index in [2.05, 4.69) is 19.1 Å². The molecule has 0 saturated heterocycles. The molecule has 1 aliphatic rings. The molecule has 0 atom stereocenters. The lowest BCUT2D eigenvalue weighted by Crippen LogP contribution is -2.33. The molecule has 0 amide bonds. The van der Waals surface area contributed by atoms with Crippen molar-refractivity contribution in [3.05, 3.63) is 29.8 Å². The Morgan fingerprint density at radius 2 is 2.05 bits per heavy atom. The smallest absolute Gasteiger partial charge is 0.119 e. The van der Waals surface area contributed by atoms with Crippen LogP contribution in [0.25, 0.3) is 0 Å². The van der Waals surface area contributed by atoms with Crippen LogP contribution in [0.2, 0.25) is 0 Å². The van der Waals surface area contributed by atoms with Crippen LogP contribution >= 0.6 is 0 Å². The minimum absolute atomic E-state index is 0.0923. The Labute approximate surface area is 129 Å². The van der Waals surface area contributed by atoms with E-state index in [0.29, 0.717) is 6.61 Å². The van der Waals surface area contributed by atoms with Crippen molar-refractivity contribution in [2.24, 2.45) is 11.3 Å². The summed E-state index contributed by atoms with van der Waals surface area (Å²) in [7, 11) is 1.71. The maximum atomic E-state index is 9.96. The zero-order chi connectivity index (χ0) is 15.1. The van der Waals surface area contributed by atoms with Crippen LogP contribution < -0.4 is 4.74 Å². The Bertz CT molecular complexity index is 419. The van der Waals surface area contributed by atoms with E-state index in [1.165, 1.54) is 37.7 Å². The molecule has 1 aromatic carbocycles. The second-order valence-electron chi connectivity index (χ2n) is 6.77. The summed E-state index contributed by atoms with van der Waals surface area (Å²) in [5.74, 6) is 1.80. The molecular formula is C19H30O2. The van der Waals surface area contributed by atoms with Crippen molar-refractivity contribution < 1.29 is 9.84 Å². The van der Waals surface area contributed by atoms with Crippen LogP contribution in [0.1, 0.15) is 57.4 Å². The number of aliphatic hydroxyl groups excluding tert-OH is 1. The Hall–Kier alpha value is -1.02. The molecule has 118 valence electrons. The highest BCUT2D eigenvalue weighted by Crippen LogP contribution is 2.42. The number of rotatable bonds is 7. The first-order valence-electron chi connectivity index (χ1n) is 8.45. The zero-order valence-corrected chi connectivity index (χ0v) is 13.6. The SMILES string of the molecule is CCCCC1CCC(CO)(Cc2cccc(OC)c2)CC1. The Morgan fingerprint density at radius 3 is 2.67 bits per heavy atom. The second-order valence-corrected chi connectivity index (χ2v) is 6.77. The molecule has 0 bridgehead atoms. The highest BCUT2D eigenvalue weighted by Gasteiger charge is 2.34. The quantitative estimate of drug-likeness (QED) is 0.795. The van der Waals surface area contributed by atoms with Crippen molar-refractivity contribution in [3.8, 4) is 5.75 Å². The average Bonchev–Trinajstić information content (AvgIpc) is 2.54. The van der Waals surface area contributed by atoms with Crippen LogP contribution in [0, 0.1) is 11.3 Å². The summed E-state index contributed by atoms with van der Waals surface area (Å²) in [5.41, 5.74) is 1.38. The molecule has 0 aromatic heterocycles. The monoisotopic (exact) mass is 290 g/mol. The van der Waals surface area contributed by atoms with E-state index in [0.717, 1.165) is 30.9 Å². The van der Waals surface area contributed by atoms with Gasteiger partial charge in [-0.15, -0.1) is 0 Å². The van der Waals surface area contributed by atoms with E-state index in [1.54, 1.807) is 7.11 Å². The van der Waals surface area contributed by atoms with Gasteiger partial charge in [-0.1, -0.05) is 38.3 Å². The fourth-order valence-corrected chi connectivity index (χ4v) is 3.68. The molecule has 2 heteroatoms. The van der Waals surface area contributed by atoms with E-state index in [4.69, 9.17) is 4.74 Å². The first-order valence-corrected chi connectivity index (χ1v) is 8.45. The van der Waals surface area contributed by atoms with E-state index in [-0.39, 0.29) is 5.41 Å². The third kappa shape index (κ3) is 4.47. The van der Waals surface area contributed by atoms with Crippen molar-refractivity contribution in [3.63, 3.8) is 0 Å². The van der Waals surface area contributed by atoms with Crippen LogP contribution in [0.3, 0.4) is 0 Å². The average molecular weight is 290 g/mol. The van der Waals surface area contributed by atoms with Crippen molar-refractivity contribution in [1.29, 1.82) is 0 Å². The number of hydrogen-bond donors (Lipinski definition) is 1. The van der Waals surface area contributed by atoms with Crippen LogP contribution in [-0.2, 0) is 6.42 Å². The summed E-state index contributed by atoms with van der Waals surface area (Å²) >= 11 is 0. The maximum Gasteiger partial charge on any atom is 0.119 e. The lowest BCUT2D eigenvalue weighted by molar-refractivity contribution is 0.0620. The predicted octanol–water partition coefficient (Wildman–Crippen LogP) is 4.60. The van der Waals surface area contributed by atoms with Gasteiger partial charge >= 0.3 is 0 Å². The summed E-state index contributed by atoms with van der Waals surface area (Å²) in [6.07, 6.45) is 9.88. The standard InChI is InChI=1S/C19H30O2/c1-3-4-6-16-9-11-19(15-20,12-10-16)14-17-7-5-8-18(13-17)21-2/h5,7-8,13,16,20H,3-4,6,9-12,14-15H2,1-2H3. The lowest BCUT2D eigenvalue weighted by Gasteiger charge is -2.39. The number of hydrogen-bond acceptors (Lipinski definition) is 2. The summed E-state index contributed by atoms with van der Waals surface area (Å²) in [6.45, 7) is 2.58. The Kier molecular flexibility index (Phi) is 6.10. The highest BCUT2D eigenvalue weighted by molar-refractivity contribution is 5.29. The van der Waals surface area contributed by atoms with Gasteiger partial charge in [-0.05, 0) is 61.1 Å². The van der Waals surface area contributed by atoms with Gasteiger partial charge < -0.3 is 9.84 Å². The van der Waals surface area contributed by atoms with Crippen molar-refractivity contribution in [2.45, 2.75) is 58.3 Å². The van der Waals surface area contributed by atoms with E-state index in [9.17, 15) is 5.11 Å². The predicted molar refractivity (Wildman–Crippen MR) is 87.7 cm³/mol. The summed E-state index contributed by atoms with van der Waals surface area (Å²) < 4.78 is 5.31. The molecular weight excluding hydrogens is 260 g/mol. The zero-order valence-electron chi connectivity index (χ0n) is 13.6. The molecule has 1 aliphatic carbocycles. The molecule has 0 heterocycles. The van der Waals surface area contributed by atoms with Crippen molar-refractivity contribution >= 4 is 0 Å². The minimum Gasteiger partial charge on any atom is -0.497 e. The van der Waals surface area contributed by atoms with Gasteiger partial charge in [0.1, 0.15) is 5.75 Å². The molecule has 1 fully saturated rings. The number of benzene rings is 1. The molecule has 0 radical (unpaired) electrons. The van der Waals surface area contributed by atoms with Gasteiger partial charge in [0.25, 0.3) is 0 Å². The fourth-order valence-electron chi connectivity index (χ4n) is 3.68. The highest BCUT2D eigenvalue weighted by atomic mass is 16.5. The third-order valence-corrected chi connectivity index (χ3v) is 5.18. The number of unbranched alkanes of at least 4 members (excludes halogenated alkanes) is 1. The molecule has 2 nitrogen and oxygen atoms in total. The first-order chi connectivity index (χ1) is 10.2. The van der Waals surface area contributed by atoms with Gasteiger partial charge in [0.15, 0.2) is 0 Å². The van der Waals surface area contributed by atoms with Crippen LogP contribution in [-0.4, -0.2) is 18.8 Å². The molecule has 21 heavy (non-hydrogen) atoms. The largest absolute Gasteiger partial charge is 0.497 e. The summed E-state index contributed by atoms with van der Waals surface area (Å²) in [6, 6.07) is 8.30. The first kappa shape index (κ1) is 16.4. The van der Waals surface area contributed by atoms with E-state index >= 15 is 0 Å². The molecule has 2 rings (SSSR count). The van der Waals surface area contributed by atoms with Gasteiger partial charge in [-0.25, -0.2) is 0 Å². The Morgan fingerprint density at radius 1 is 1.29 bits per heavy atom. The number of aliphatic hydroxyl groups is 1. The van der Waals surface area contributed by atoms with Crippen LogP contribution in [0.15, 0.2) is 24.3 Å². The molecule has 1 aromatic rings. The summed E-state index contributed by atoms with van der Waals surface area (Å²) in [5, 5.41) is 9.96. The molecule has 0 unspecified atom stereocenters. The van der Waals surface area contributed by atoms with Crippen molar-refractivity contribution in [1.82, 2.24) is 0 Å². The van der Waals surface area contributed by atoms with Gasteiger partial charge in [0, 0.05) is 6.61 Å². The number of methoxy groups -OCH3 is 1. The maximum absolute atomic E-state index is 9.96. The normalized spacial score (nSPS) is 25.8. The van der Waals surface area contributed by atoms with Gasteiger partial charge in [0.2, 0.25) is 0 Å². The topological polar surface area (TPSA) is 29.5 Å². The number of ether oxygens (including phenoxy) is 1. The van der Waals surface area contributed by atoms with Crippen molar-refractivity contribution in [2.75, 3.05) is 13.7 Å². The minimum atomic E-state index is 0.0923. The van der Waals surface area contributed by atoms with Crippen LogP contribution in [0.4, 0.5) is 0 Å². The molecule has 0 spiro atoms. The Balaban J connectivity index is 1.96. The van der Waals surface area contributed by atoms with E-state index in [1.807, 2.05) is 12.1 Å². The van der Waals surface area contributed by atoms with Gasteiger partial charge in [-0.3, -0.25) is 0 Å². The fraction of sp³-hybridized carbons (Fsp3) is 0.684. The molecule has 0 aliphatic heterocycles. The molecule has 1 saturated carbocycles. The van der Waals surface area contributed by atoms with Gasteiger partial charge in [-0.2, -0.15) is 0 Å². The lowest BCUT2D eigenvalue weighted by atomic mass is 9.67. The summed E-state index contributed by atoms with van der Waals surface area (Å²) in [4.78, 5) is 0. The van der Waals surface area contributed by atoms with Crippen LogP contribution in [0.5, 0.6) is 5.75 Å². The van der Waals surface area contributed by atoms with E-state index < -0.39 is 0 Å². The third-order valence-electron chi connectivity index (χ3n) is 5.18. The van der Waals surface area contributed by atoms with Gasteiger partial charge in [0.05, 0.1) is 7.11 Å².